The second-order valence-electron chi connectivity index (χ2n) is 5.45. The molecule has 0 aliphatic heterocycles. The third-order valence-corrected chi connectivity index (χ3v) is 3.94. The Hall–Kier alpha value is -1.78. The molecule has 4 nitrogen and oxygen atoms in total. The van der Waals surface area contributed by atoms with Crippen molar-refractivity contribution in [1.29, 1.82) is 0 Å². The van der Waals surface area contributed by atoms with Crippen LogP contribution in [0.25, 0.3) is 0 Å². The number of nitrogens with zero attached hydrogens (tertiary/aromatic N) is 1. The van der Waals surface area contributed by atoms with E-state index < -0.39 is 0 Å². The largest absolute Gasteiger partial charge is 0.493 e. The van der Waals surface area contributed by atoms with E-state index in [-0.39, 0.29) is 0 Å². The van der Waals surface area contributed by atoms with Gasteiger partial charge in [-0.25, -0.2) is 0 Å². The van der Waals surface area contributed by atoms with E-state index in [0.29, 0.717) is 29.2 Å². The summed E-state index contributed by atoms with van der Waals surface area (Å²) in [6.45, 7) is 5.45. The van der Waals surface area contributed by atoms with E-state index in [1.165, 1.54) is 0 Å². The smallest absolute Gasteiger partial charge is 0.180 e. The van der Waals surface area contributed by atoms with Gasteiger partial charge in [0.1, 0.15) is 6.61 Å². The van der Waals surface area contributed by atoms with Crippen molar-refractivity contribution < 1.29 is 9.47 Å². The van der Waals surface area contributed by atoms with Crippen LogP contribution in [0.4, 0.5) is 0 Å². The molecule has 1 aromatic carbocycles. The fourth-order valence-electron chi connectivity index (χ4n) is 2.09. The van der Waals surface area contributed by atoms with Crippen LogP contribution in [-0.2, 0) is 13.2 Å². The number of pyridine rings is 1. The number of aromatic nitrogens is 1. The Morgan fingerprint density at radius 3 is 2.78 bits per heavy atom. The molecule has 1 heterocycles. The summed E-state index contributed by atoms with van der Waals surface area (Å²) in [5.74, 6) is 1.20. The van der Waals surface area contributed by atoms with Crippen LogP contribution >= 0.6 is 11.6 Å². The molecule has 0 saturated heterocycles. The Morgan fingerprint density at radius 2 is 2.13 bits per heavy atom. The number of rotatable bonds is 8. The number of benzene rings is 1. The Morgan fingerprint density at radius 1 is 1.30 bits per heavy atom. The number of ether oxygens (including phenoxy) is 2. The van der Waals surface area contributed by atoms with E-state index in [0.717, 1.165) is 24.1 Å². The minimum atomic E-state index is 0.397. The van der Waals surface area contributed by atoms with E-state index in [4.69, 9.17) is 21.1 Å². The van der Waals surface area contributed by atoms with Crippen molar-refractivity contribution in [2.45, 2.75) is 39.5 Å². The molecule has 0 fully saturated rings. The first-order chi connectivity index (χ1) is 11.1. The van der Waals surface area contributed by atoms with Crippen LogP contribution in [0.15, 0.2) is 36.7 Å². The lowest BCUT2D eigenvalue weighted by molar-refractivity contribution is 0.284. The topological polar surface area (TPSA) is 43.4 Å². The van der Waals surface area contributed by atoms with Crippen molar-refractivity contribution in [3.05, 3.63) is 52.8 Å². The van der Waals surface area contributed by atoms with Crippen LogP contribution in [0.5, 0.6) is 11.5 Å². The highest BCUT2D eigenvalue weighted by atomic mass is 35.5. The van der Waals surface area contributed by atoms with Gasteiger partial charge in [0.05, 0.1) is 12.1 Å². The molecule has 2 rings (SSSR count). The second kappa shape index (κ2) is 8.75. The van der Waals surface area contributed by atoms with E-state index in [9.17, 15) is 0 Å². The van der Waals surface area contributed by atoms with Crippen LogP contribution in [0.1, 0.15) is 31.4 Å². The molecule has 1 aromatic heterocycles. The number of methoxy groups -OCH3 is 1. The lowest BCUT2D eigenvalue weighted by atomic mass is 10.1. The minimum absolute atomic E-state index is 0.397. The Kier molecular flexibility index (Phi) is 6.68. The molecular weight excluding hydrogens is 312 g/mol. The van der Waals surface area contributed by atoms with Crippen molar-refractivity contribution in [1.82, 2.24) is 10.3 Å². The van der Waals surface area contributed by atoms with Gasteiger partial charge in [0.2, 0.25) is 0 Å². The lowest BCUT2D eigenvalue weighted by Crippen LogP contribution is -2.24. The third-order valence-electron chi connectivity index (χ3n) is 3.66. The summed E-state index contributed by atoms with van der Waals surface area (Å²) >= 11 is 6.38. The molecule has 1 N–H and O–H groups in total. The van der Waals surface area contributed by atoms with E-state index >= 15 is 0 Å². The SMILES string of the molecule is CCC(C)NCc1cc(Cl)c(OCc2cccnc2)c(OC)c1. The van der Waals surface area contributed by atoms with Gasteiger partial charge in [-0.15, -0.1) is 0 Å². The maximum absolute atomic E-state index is 6.38. The van der Waals surface area contributed by atoms with Crippen molar-refractivity contribution in [2.75, 3.05) is 7.11 Å². The maximum Gasteiger partial charge on any atom is 0.180 e. The first kappa shape index (κ1) is 17.6. The van der Waals surface area contributed by atoms with Crippen LogP contribution in [0.2, 0.25) is 5.02 Å². The number of nitrogens with one attached hydrogen (secondary N) is 1. The summed E-state index contributed by atoms with van der Waals surface area (Å²) < 4.78 is 11.3. The zero-order valence-electron chi connectivity index (χ0n) is 13.8. The number of hydrogen-bond acceptors (Lipinski definition) is 4. The summed E-state index contributed by atoms with van der Waals surface area (Å²) in [5, 5.41) is 3.99. The van der Waals surface area contributed by atoms with Crippen molar-refractivity contribution >= 4 is 11.6 Å². The lowest BCUT2D eigenvalue weighted by Gasteiger charge is -2.16. The van der Waals surface area contributed by atoms with Crippen LogP contribution < -0.4 is 14.8 Å². The van der Waals surface area contributed by atoms with Gasteiger partial charge < -0.3 is 14.8 Å². The minimum Gasteiger partial charge on any atom is -0.493 e. The molecule has 0 bridgehead atoms. The summed E-state index contributed by atoms with van der Waals surface area (Å²) in [5.41, 5.74) is 2.05. The fourth-order valence-corrected chi connectivity index (χ4v) is 2.38. The van der Waals surface area contributed by atoms with Gasteiger partial charge in [-0.3, -0.25) is 4.98 Å². The first-order valence-corrected chi connectivity index (χ1v) is 8.13. The van der Waals surface area contributed by atoms with E-state index in [2.05, 4.69) is 24.1 Å². The van der Waals surface area contributed by atoms with E-state index in [1.807, 2.05) is 24.3 Å². The fraction of sp³-hybridized carbons (Fsp3) is 0.389. The molecule has 23 heavy (non-hydrogen) atoms. The third kappa shape index (κ3) is 5.12. The standard InChI is InChI=1S/C18H23ClN2O2/c1-4-13(2)21-11-15-8-16(19)18(17(9-15)22-3)23-12-14-6-5-7-20-10-14/h5-10,13,21H,4,11-12H2,1-3H3. The monoisotopic (exact) mass is 334 g/mol. The molecule has 0 spiro atoms. The van der Waals surface area contributed by atoms with E-state index in [1.54, 1.807) is 19.5 Å². The molecule has 5 heteroatoms. The molecular formula is C18H23ClN2O2. The van der Waals surface area contributed by atoms with Gasteiger partial charge in [0.25, 0.3) is 0 Å². The highest BCUT2D eigenvalue weighted by Crippen LogP contribution is 2.37. The van der Waals surface area contributed by atoms with Gasteiger partial charge in [0.15, 0.2) is 11.5 Å². The van der Waals surface area contributed by atoms with Gasteiger partial charge in [0, 0.05) is 30.5 Å². The second-order valence-corrected chi connectivity index (χ2v) is 5.86. The summed E-state index contributed by atoms with van der Waals surface area (Å²) in [6, 6.07) is 8.16. The highest BCUT2D eigenvalue weighted by Gasteiger charge is 2.13. The van der Waals surface area contributed by atoms with Gasteiger partial charge in [-0.1, -0.05) is 24.6 Å². The molecule has 0 saturated carbocycles. The Balaban J connectivity index is 2.10. The quantitative estimate of drug-likeness (QED) is 0.785. The number of halogens is 1. The number of hydrogen-bond donors (Lipinski definition) is 1. The van der Waals surface area contributed by atoms with Crippen LogP contribution in [0.3, 0.4) is 0 Å². The van der Waals surface area contributed by atoms with Gasteiger partial charge >= 0.3 is 0 Å². The summed E-state index contributed by atoms with van der Waals surface area (Å²) in [6.07, 6.45) is 4.58. The average molecular weight is 335 g/mol. The van der Waals surface area contributed by atoms with Crippen molar-refractivity contribution in [3.8, 4) is 11.5 Å². The van der Waals surface area contributed by atoms with Gasteiger partial charge in [-0.2, -0.15) is 0 Å². The molecule has 0 aliphatic rings. The first-order valence-electron chi connectivity index (χ1n) is 7.75. The predicted octanol–water partition coefficient (Wildman–Crippen LogP) is 4.21. The molecule has 0 radical (unpaired) electrons. The summed E-state index contributed by atoms with van der Waals surface area (Å²) in [4.78, 5) is 4.07. The molecule has 1 unspecified atom stereocenters. The molecule has 1 atom stereocenters. The molecule has 0 amide bonds. The Labute approximate surface area is 142 Å². The van der Waals surface area contributed by atoms with Crippen LogP contribution in [-0.4, -0.2) is 18.1 Å². The average Bonchev–Trinajstić information content (AvgIpc) is 2.59. The zero-order valence-corrected chi connectivity index (χ0v) is 14.6. The maximum atomic E-state index is 6.38. The molecule has 0 aliphatic carbocycles. The molecule has 124 valence electrons. The predicted molar refractivity (Wildman–Crippen MR) is 93.2 cm³/mol. The molecule has 2 aromatic rings. The normalized spacial score (nSPS) is 12.0. The van der Waals surface area contributed by atoms with Crippen LogP contribution in [0, 0.1) is 0 Å². The summed E-state index contributed by atoms with van der Waals surface area (Å²) in [7, 11) is 1.62. The zero-order chi connectivity index (χ0) is 16.7. The highest BCUT2D eigenvalue weighted by molar-refractivity contribution is 6.32. The van der Waals surface area contributed by atoms with Crippen molar-refractivity contribution in [2.24, 2.45) is 0 Å². The Bertz CT molecular complexity index is 620. The van der Waals surface area contributed by atoms with Gasteiger partial charge in [-0.05, 0) is 37.1 Å². The van der Waals surface area contributed by atoms with Crippen molar-refractivity contribution in [3.63, 3.8) is 0 Å².